The van der Waals surface area contributed by atoms with Gasteiger partial charge in [-0.1, -0.05) is 19.0 Å². The summed E-state index contributed by atoms with van der Waals surface area (Å²) in [5, 5.41) is 3.99. The van der Waals surface area contributed by atoms with Crippen LogP contribution in [0.5, 0.6) is 0 Å². The summed E-state index contributed by atoms with van der Waals surface area (Å²) in [6, 6.07) is 0.905. The summed E-state index contributed by atoms with van der Waals surface area (Å²) in [7, 11) is 0. The van der Waals surface area contributed by atoms with Crippen molar-refractivity contribution < 1.29 is 9.32 Å². The van der Waals surface area contributed by atoms with Gasteiger partial charge in [0, 0.05) is 32.0 Å². The standard InChI is InChI=1S/C13H20N4O2/c1-9(2)12-14-13(19-15-12)16-7-5-10(8-16)17-6-3-4-11(17)18/h9-10H,3-8H2,1-2H3. The number of hydrogen-bond acceptors (Lipinski definition) is 5. The molecule has 104 valence electrons. The van der Waals surface area contributed by atoms with E-state index < -0.39 is 0 Å². The van der Waals surface area contributed by atoms with Crippen LogP contribution in [-0.4, -0.2) is 46.6 Å². The lowest BCUT2D eigenvalue weighted by Crippen LogP contribution is -2.38. The van der Waals surface area contributed by atoms with Crippen LogP contribution in [0.25, 0.3) is 0 Å². The maximum absolute atomic E-state index is 11.8. The van der Waals surface area contributed by atoms with Crippen LogP contribution in [0.4, 0.5) is 6.01 Å². The van der Waals surface area contributed by atoms with Crippen molar-refractivity contribution in [2.45, 2.75) is 45.1 Å². The Kier molecular flexibility index (Phi) is 3.16. The number of amides is 1. The maximum atomic E-state index is 11.8. The van der Waals surface area contributed by atoms with E-state index in [1.807, 2.05) is 18.7 Å². The highest BCUT2D eigenvalue weighted by atomic mass is 16.5. The molecule has 0 aromatic carbocycles. The lowest BCUT2D eigenvalue weighted by Gasteiger charge is -2.23. The summed E-state index contributed by atoms with van der Waals surface area (Å²) >= 11 is 0. The van der Waals surface area contributed by atoms with Gasteiger partial charge in [0.2, 0.25) is 5.91 Å². The largest absolute Gasteiger partial charge is 0.338 e. The topological polar surface area (TPSA) is 62.5 Å². The van der Waals surface area contributed by atoms with E-state index in [1.54, 1.807) is 0 Å². The summed E-state index contributed by atoms with van der Waals surface area (Å²) in [6.45, 7) is 6.69. The Labute approximate surface area is 112 Å². The van der Waals surface area contributed by atoms with Gasteiger partial charge < -0.3 is 14.3 Å². The quantitative estimate of drug-likeness (QED) is 0.825. The van der Waals surface area contributed by atoms with E-state index in [9.17, 15) is 4.79 Å². The fourth-order valence-electron chi connectivity index (χ4n) is 2.81. The van der Waals surface area contributed by atoms with Crippen LogP contribution in [0.15, 0.2) is 4.52 Å². The van der Waals surface area contributed by atoms with Gasteiger partial charge in [-0.05, 0) is 12.8 Å². The first-order valence-corrected chi connectivity index (χ1v) is 7.03. The lowest BCUT2D eigenvalue weighted by molar-refractivity contribution is -0.129. The van der Waals surface area contributed by atoms with E-state index >= 15 is 0 Å². The van der Waals surface area contributed by atoms with Crippen LogP contribution in [0.2, 0.25) is 0 Å². The molecular formula is C13H20N4O2. The summed E-state index contributed by atoms with van der Waals surface area (Å²) in [5.41, 5.74) is 0. The average molecular weight is 264 g/mol. The summed E-state index contributed by atoms with van der Waals surface area (Å²) in [4.78, 5) is 20.3. The van der Waals surface area contributed by atoms with Crippen molar-refractivity contribution in [1.82, 2.24) is 15.0 Å². The minimum Gasteiger partial charge on any atom is -0.338 e. The van der Waals surface area contributed by atoms with Gasteiger partial charge in [-0.15, -0.1) is 0 Å². The molecule has 0 radical (unpaired) electrons. The maximum Gasteiger partial charge on any atom is 0.324 e. The van der Waals surface area contributed by atoms with E-state index in [-0.39, 0.29) is 5.92 Å². The molecule has 1 aromatic rings. The first-order chi connectivity index (χ1) is 9.15. The van der Waals surface area contributed by atoms with Gasteiger partial charge in [0.05, 0.1) is 6.04 Å². The van der Waals surface area contributed by atoms with Gasteiger partial charge in [0.25, 0.3) is 0 Å². The summed E-state index contributed by atoms with van der Waals surface area (Å²) in [5.74, 6) is 1.31. The van der Waals surface area contributed by atoms with E-state index in [2.05, 4.69) is 15.0 Å². The summed E-state index contributed by atoms with van der Waals surface area (Å²) in [6.07, 6.45) is 2.69. The minimum atomic E-state index is 0.274. The van der Waals surface area contributed by atoms with E-state index in [4.69, 9.17) is 4.52 Å². The molecule has 1 unspecified atom stereocenters. The monoisotopic (exact) mass is 264 g/mol. The SMILES string of the molecule is CC(C)c1noc(N2CCC(N3CCCC3=O)C2)n1. The van der Waals surface area contributed by atoms with E-state index in [1.165, 1.54) is 0 Å². The molecule has 2 saturated heterocycles. The third kappa shape index (κ3) is 2.31. The van der Waals surface area contributed by atoms with Crippen molar-refractivity contribution in [3.05, 3.63) is 5.82 Å². The van der Waals surface area contributed by atoms with Gasteiger partial charge in [-0.3, -0.25) is 4.79 Å². The minimum absolute atomic E-state index is 0.274. The molecule has 0 bridgehead atoms. The van der Waals surface area contributed by atoms with Crippen molar-refractivity contribution in [2.24, 2.45) is 0 Å². The molecule has 0 aliphatic carbocycles. The molecular weight excluding hydrogens is 244 g/mol. The molecule has 1 amide bonds. The first-order valence-electron chi connectivity index (χ1n) is 7.03. The van der Waals surface area contributed by atoms with E-state index in [0.717, 1.165) is 38.3 Å². The van der Waals surface area contributed by atoms with Crippen LogP contribution in [0.3, 0.4) is 0 Å². The first kappa shape index (κ1) is 12.4. The zero-order valence-corrected chi connectivity index (χ0v) is 11.5. The number of nitrogens with zero attached hydrogens (tertiary/aromatic N) is 4. The normalized spacial score (nSPS) is 23.9. The highest BCUT2D eigenvalue weighted by molar-refractivity contribution is 5.78. The van der Waals surface area contributed by atoms with Crippen LogP contribution < -0.4 is 4.90 Å². The Morgan fingerprint density at radius 3 is 2.84 bits per heavy atom. The second kappa shape index (κ2) is 4.83. The van der Waals surface area contributed by atoms with Crippen LogP contribution in [0, 0.1) is 0 Å². The smallest absolute Gasteiger partial charge is 0.324 e. The zero-order valence-electron chi connectivity index (χ0n) is 11.5. The Hall–Kier alpha value is -1.59. The Morgan fingerprint density at radius 1 is 1.37 bits per heavy atom. The molecule has 6 nitrogen and oxygen atoms in total. The number of likely N-dealkylation sites (tertiary alicyclic amines) is 1. The van der Waals surface area contributed by atoms with Crippen LogP contribution in [0.1, 0.15) is 44.9 Å². The molecule has 6 heteroatoms. The highest BCUT2D eigenvalue weighted by Gasteiger charge is 2.34. The third-order valence-electron chi connectivity index (χ3n) is 3.93. The molecule has 2 aliphatic rings. The van der Waals surface area contributed by atoms with Gasteiger partial charge in [-0.2, -0.15) is 4.98 Å². The van der Waals surface area contributed by atoms with Crippen LogP contribution >= 0.6 is 0 Å². The van der Waals surface area contributed by atoms with Crippen LogP contribution in [-0.2, 0) is 4.79 Å². The molecule has 0 N–H and O–H groups in total. The molecule has 0 saturated carbocycles. The molecule has 3 heterocycles. The molecule has 19 heavy (non-hydrogen) atoms. The fourth-order valence-corrected chi connectivity index (χ4v) is 2.81. The van der Waals surface area contributed by atoms with Gasteiger partial charge >= 0.3 is 6.01 Å². The van der Waals surface area contributed by atoms with Gasteiger partial charge in [0.15, 0.2) is 5.82 Å². The number of rotatable bonds is 3. The number of anilines is 1. The van der Waals surface area contributed by atoms with Gasteiger partial charge in [-0.25, -0.2) is 0 Å². The number of carbonyl (C=O) groups is 1. The molecule has 2 fully saturated rings. The average Bonchev–Trinajstić information content (AvgIpc) is 3.07. The van der Waals surface area contributed by atoms with Crippen molar-refractivity contribution in [3.8, 4) is 0 Å². The second-order valence-electron chi connectivity index (χ2n) is 5.67. The number of hydrogen-bond donors (Lipinski definition) is 0. The fraction of sp³-hybridized carbons (Fsp3) is 0.769. The Bertz CT molecular complexity index is 471. The molecule has 1 aromatic heterocycles. The number of carbonyl (C=O) groups excluding carboxylic acids is 1. The van der Waals surface area contributed by atoms with Crippen molar-refractivity contribution in [2.75, 3.05) is 24.5 Å². The zero-order chi connectivity index (χ0) is 13.4. The predicted octanol–water partition coefficient (Wildman–Crippen LogP) is 1.39. The Balaban J connectivity index is 1.66. The predicted molar refractivity (Wildman–Crippen MR) is 70.0 cm³/mol. The molecule has 3 rings (SSSR count). The van der Waals surface area contributed by atoms with E-state index in [0.29, 0.717) is 24.4 Å². The van der Waals surface area contributed by atoms with Gasteiger partial charge in [0.1, 0.15) is 0 Å². The second-order valence-corrected chi connectivity index (χ2v) is 5.67. The lowest BCUT2D eigenvalue weighted by atomic mass is 10.2. The Morgan fingerprint density at radius 2 is 2.21 bits per heavy atom. The van der Waals surface area contributed by atoms with Crippen molar-refractivity contribution in [1.29, 1.82) is 0 Å². The van der Waals surface area contributed by atoms with Crippen molar-refractivity contribution in [3.63, 3.8) is 0 Å². The molecule has 2 aliphatic heterocycles. The third-order valence-corrected chi connectivity index (χ3v) is 3.93. The molecule has 0 spiro atoms. The summed E-state index contributed by atoms with van der Waals surface area (Å²) < 4.78 is 5.31. The highest BCUT2D eigenvalue weighted by Crippen LogP contribution is 2.25. The molecule has 1 atom stereocenters. The number of aromatic nitrogens is 2. The van der Waals surface area contributed by atoms with Crippen molar-refractivity contribution >= 4 is 11.9 Å².